The Morgan fingerprint density at radius 3 is 2.04 bits per heavy atom. The number of benzene rings is 5. The number of carbonyl (C=O) groups is 2. The number of carbonyl (C=O) groups excluding carboxylic acids is 2. The first kappa shape index (κ1) is 32.3. The van der Waals surface area contributed by atoms with E-state index in [1.165, 1.54) is 12.1 Å². The molecular weight excluding hydrogens is 601 g/mol. The summed E-state index contributed by atoms with van der Waals surface area (Å²) in [5.41, 5.74) is 6.37. The van der Waals surface area contributed by atoms with Gasteiger partial charge in [-0.3, -0.25) is 9.59 Å². The maximum atomic E-state index is 14.2. The third-order valence-corrected chi connectivity index (χ3v) is 8.43. The maximum absolute atomic E-state index is 14.2. The molecule has 0 saturated heterocycles. The van der Waals surface area contributed by atoms with Crippen molar-refractivity contribution >= 4 is 22.7 Å². The van der Waals surface area contributed by atoms with Crippen LogP contribution in [0.1, 0.15) is 34.0 Å². The van der Waals surface area contributed by atoms with Crippen molar-refractivity contribution in [3.05, 3.63) is 162 Å². The lowest BCUT2D eigenvalue weighted by atomic mass is 10.0. The van der Waals surface area contributed by atoms with Crippen LogP contribution in [-0.4, -0.2) is 46.3 Å². The number of nitrogens with zero attached hydrogens (tertiary/aromatic N) is 2. The van der Waals surface area contributed by atoms with Crippen LogP contribution in [0.15, 0.2) is 134 Å². The van der Waals surface area contributed by atoms with E-state index in [9.17, 15) is 14.0 Å². The summed E-state index contributed by atoms with van der Waals surface area (Å²) in [4.78, 5) is 34.9. The molecule has 6 rings (SSSR count). The molecule has 242 valence electrons. The van der Waals surface area contributed by atoms with E-state index in [0.29, 0.717) is 31.7 Å². The van der Waals surface area contributed by atoms with Crippen molar-refractivity contribution in [2.45, 2.75) is 26.4 Å². The average Bonchev–Trinajstić information content (AvgIpc) is 3.54. The fourth-order valence-electron chi connectivity index (χ4n) is 5.86. The van der Waals surface area contributed by atoms with E-state index in [0.717, 1.165) is 44.5 Å². The first-order valence-electron chi connectivity index (χ1n) is 16.2. The summed E-state index contributed by atoms with van der Waals surface area (Å²) in [6, 6.07) is 39.3. The highest BCUT2D eigenvalue weighted by atomic mass is 19.1. The molecule has 5 aromatic carbocycles. The van der Waals surface area contributed by atoms with Crippen molar-refractivity contribution in [3.63, 3.8) is 0 Å². The van der Waals surface area contributed by atoms with Gasteiger partial charge in [-0.2, -0.15) is 0 Å². The Hall–Kier alpha value is -5.69. The molecular formula is C41H38FN3O3. The number of para-hydroxylation sites is 1. The van der Waals surface area contributed by atoms with Crippen LogP contribution in [0.4, 0.5) is 4.39 Å². The lowest BCUT2D eigenvalue weighted by Gasteiger charge is -2.28. The monoisotopic (exact) mass is 639 g/mol. The summed E-state index contributed by atoms with van der Waals surface area (Å²) < 4.78 is 19.4. The van der Waals surface area contributed by atoms with Crippen molar-refractivity contribution in [2.75, 3.05) is 19.7 Å². The standard InChI is InChI=1S/C41H38FN3O3/c1-2-48-37-22-14-31(15-23-37)27-44(25-24-35-26-43-39-11-7-6-10-38(35)39)40(46)29-45(28-30-12-20-36(42)21-13-30)41(47)34-18-16-33(17-19-34)32-8-4-3-5-9-32/h3-23,26,43H,2,24-25,27-29H2,1H3. The van der Waals surface area contributed by atoms with Gasteiger partial charge in [0.05, 0.1) is 6.61 Å². The van der Waals surface area contributed by atoms with Gasteiger partial charge >= 0.3 is 0 Å². The number of aromatic nitrogens is 1. The molecule has 0 radical (unpaired) electrons. The number of hydrogen-bond donors (Lipinski definition) is 1. The van der Waals surface area contributed by atoms with Crippen molar-refractivity contribution < 1.29 is 18.7 Å². The van der Waals surface area contributed by atoms with Gasteiger partial charge in [0.15, 0.2) is 0 Å². The Labute approximate surface area is 280 Å². The van der Waals surface area contributed by atoms with Crippen LogP contribution in [0.25, 0.3) is 22.0 Å². The molecule has 1 N–H and O–H groups in total. The van der Waals surface area contributed by atoms with Gasteiger partial charge in [-0.15, -0.1) is 0 Å². The first-order chi connectivity index (χ1) is 23.5. The number of nitrogens with one attached hydrogen (secondary N) is 1. The Kier molecular flexibility index (Phi) is 10.3. The van der Waals surface area contributed by atoms with Crippen molar-refractivity contribution in [3.8, 4) is 16.9 Å². The third-order valence-electron chi connectivity index (χ3n) is 8.43. The molecule has 0 bridgehead atoms. The second-order valence-corrected chi connectivity index (χ2v) is 11.7. The normalized spacial score (nSPS) is 11.0. The zero-order valence-corrected chi connectivity index (χ0v) is 26.9. The number of rotatable bonds is 13. The molecule has 6 nitrogen and oxygen atoms in total. The number of halogens is 1. The van der Waals surface area contributed by atoms with E-state index in [-0.39, 0.29) is 30.7 Å². The second kappa shape index (κ2) is 15.3. The van der Waals surface area contributed by atoms with Crippen molar-refractivity contribution in [1.82, 2.24) is 14.8 Å². The minimum absolute atomic E-state index is 0.137. The van der Waals surface area contributed by atoms with Crippen LogP contribution in [0.2, 0.25) is 0 Å². The molecule has 0 aliphatic rings. The van der Waals surface area contributed by atoms with Crippen LogP contribution in [0.5, 0.6) is 5.75 Å². The van der Waals surface area contributed by atoms with E-state index in [1.807, 2.05) is 98.0 Å². The average molecular weight is 640 g/mol. The molecule has 6 aromatic rings. The highest BCUT2D eigenvalue weighted by molar-refractivity contribution is 5.97. The van der Waals surface area contributed by atoms with E-state index >= 15 is 0 Å². The Morgan fingerprint density at radius 2 is 1.33 bits per heavy atom. The first-order valence-corrected chi connectivity index (χ1v) is 16.2. The van der Waals surface area contributed by atoms with Gasteiger partial charge in [0.1, 0.15) is 18.1 Å². The molecule has 2 amide bonds. The van der Waals surface area contributed by atoms with Crippen LogP contribution < -0.4 is 4.74 Å². The molecule has 0 spiro atoms. The maximum Gasteiger partial charge on any atom is 0.254 e. The summed E-state index contributed by atoms with van der Waals surface area (Å²) in [5, 5.41) is 1.12. The van der Waals surface area contributed by atoms with Gasteiger partial charge in [0, 0.05) is 42.3 Å². The molecule has 1 heterocycles. The van der Waals surface area contributed by atoms with E-state index < -0.39 is 0 Å². The van der Waals surface area contributed by atoms with Crippen LogP contribution in [0.3, 0.4) is 0 Å². The summed E-state index contributed by atoms with van der Waals surface area (Å²) in [7, 11) is 0. The van der Waals surface area contributed by atoms with Crippen molar-refractivity contribution in [1.29, 1.82) is 0 Å². The molecule has 1 aromatic heterocycles. The van der Waals surface area contributed by atoms with Crippen LogP contribution in [-0.2, 0) is 24.3 Å². The summed E-state index contributed by atoms with van der Waals surface area (Å²) in [5.74, 6) is -0.0414. The highest BCUT2D eigenvalue weighted by Gasteiger charge is 2.24. The Balaban J connectivity index is 1.26. The molecule has 0 aliphatic heterocycles. The van der Waals surface area contributed by atoms with Gasteiger partial charge in [-0.05, 0) is 83.6 Å². The van der Waals surface area contributed by atoms with Gasteiger partial charge in [-0.1, -0.05) is 84.9 Å². The fraction of sp³-hybridized carbons (Fsp3) is 0.171. The lowest BCUT2D eigenvalue weighted by molar-refractivity contribution is -0.132. The Bertz CT molecular complexity index is 1950. The zero-order chi connectivity index (χ0) is 33.3. The molecule has 7 heteroatoms. The van der Waals surface area contributed by atoms with E-state index in [4.69, 9.17) is 4.74 Å². The largest absolute Gasteiger partial charge is 0.494 e. The Morgan fingerprint density at radius 1 is 0.708 bits per heavy atom. The van der Waals surface area contributed by atoms with Crippen molar-refractivity contribution in [2.24, 2.45) is 0 Å². The van der Waals surface area contributed by atoms with E-state index in [2.05, 4.69) is 11.1 Å². The molecule has 0 atom stereocenters. The smallest absolute Gasteiger partial charge is 0.254 e. The molecule has 0 aliphatic carbocycles. The second-order valence-electron chi connectivity index (χ2n) is 11.7. The number of fused-ring (bicyclic) bond motifs is 1. The van der Waals surface area contributed by atoms with Gasteiger partial charge in [-0.25, -0.2) is 4.39 Å². The summed E-state index contributed by atoms with van der Waals surface area (Å²) >= 11 is 0. The van der Waals surface area contributed by atoms with Crippen LogP contribution >= 0.6 is 0 Å². The number of aromatic amines is 1. The zero-order valence-electron chi connectivity index (χ0n) is 26.9. The minimum atomic E-state index is -0.358. The quantitative estimate of drug-likeness (QED) is 0.138. The predicted octanol–water partition coefficient (Wildman–Crippen LogP) is 8.29. The minimum Gasteiger partial charge on any atom is -0.494 e. The van der Waals surface area contributed by atoms with E-state index in [1.54, 1.807) is 34.1 Å². The third kappa shape index (κ3) is 7.99. The van der Waals surface area contributed by atoms with Crippen LogP contribution in [0, 0.1) is 5.82 Å². The molecule has 0 fully saturated rings. The van der Waals surface area contributed by atoms with Gasteiger partial charge in [0.2, 0.25) is 5.91 Å². The highest BCUT2D eigenvalue weighted by Crippen LogP contribution is 2.22. The summed E-state index contributed by atoms with van der Waals surface area (Å²) in [6.07, 6.45) is 2.63. The molecule has 0 unspecified atom stereocenters. The molecule has 0 saturated carbocycles. The fourth-order valence-corrected chi connectivity index (χ4v) is 5.86. The number of ether oxygens (including phenoxy) is 1. The topological polar surface area (TPSA) is 65.6 Å². The molecule has 48 heavy (non-hydrogen) atoms. The summed E-state index contributed by atoms with van der Waals surface area (Å²) in [6.45, 7) is 3.36. The number of amides is 2. The lowest BCUT2D eigenvalue weighted by Crippen LogP contribution is -2.43. The number of hydrogen-bond acceptors (Lipinski definition) is 3. The number of H-pyrrole nitrogens is 1. The van der Waals surface area contributed by atoms with Gasteiger partial charge in [0.25, 0.3) is 5.91 Å². The SMILES string of the molecule is CCOc1ccc(CN(CCc2c[nH]c3ccccc23)C(=O)CN(Cc2ccc(F)cc2)C(=O)c2ccc(-c3ccccc3)cc2)cc1. The van der Waals surface area contributed by atoms with Gasteiger partial charge < -0.3 is 19.5 Å². The predicted molar refractivity (Wildman–Crippen MR) is 188 cm³/mol.